The van der Waals surface area contributed by atoms with E-state index in [-0.39, 0.29) is 0 Å². The molecule has 0 amide bonds. The number of ether oxygens (including phenoxy) is 1. The topological polar surface area (TPSA) is 9.23 Å². The van der Waals surface area contributed by atoms with Crippen LogP contribution in [0, 0.1) is 11.8 Å². The van der Waals surface area contributed by atoms with Gasteiger partial charge in [-0.1, -0.05) is 96.8 Å². The van der Waals surface area contributed by atoms with Gasteiger partial charge in [0.05, 0.1) is 0 Å². The molecule has 0 N–H and O–H groups in total. The third kappa shape index (κ3) is 2.59. The van der Waals surface area contributed by atoms with Crippen LogP contribution in [0.15, 0.2) is 109 Å². The van der Waals surface area contributed by atoms with E-state index in [1.54, 1.807) is 0 Å². The quantitative estimate of drug-likeness (QED) is 0.369. The Labute approximate surface area is 165 Å². The molecule has 0 aromatic heterocycles. The average molecular weight is 358 g/mol. The monoisotopic (exact) mass is 358 g/mol. The van der Waals surface area contributed by atoms with E-state index in [1.165, 1.54) is 0 Å². The van der Waals surface area contributed by atoms with Gasteiger partial charge in [0.25, 0.3) is 0 Å². The highest BCUT2D eigenvalue weighted by molar-refractivity contribution is 5.68. The van der Waals surface area contributed by atoms with Gasteiger partial charge < -0.3 is 4.74 Å². The molecule has 1 heterocycles. The van der Waals surface area contributed by atoms with Crippen molar-refractivity contribution in [3.05, 3.63) is 131 Å². The van der Waals surface area contributed by atoms with Gasteiger partial charge in [-0.05, 0) is 29.8 Å². The fraction of sp³-hybridized carbons (Fsp3) is 0.0370. The maximum atomic E-state index is 6.24. The van der Waals surface area contributed by atoms with E-state index >= 15 is 0 Å². The minimum absolute atomic E-state index is 0.595. The molecule has 5 rings (SSSR count). The summed E-state index contributed by atoms with van der Waals surface area (Å²) in [7, 11) is 0. The number of fused-ring (bicyclic) bond motifs is 2. The molecule has 0 radical (unpaired) electrons. The lowest BCUT2D eigenvalue weighted by molar-refractivity contribution is 0.440. The van der Waals surface area contributed by atoms with Crippen LogP contribution in [-0.2, 0) is 5.41 Å². The van der Waals surface area contributed by atoms with Crippen molar-refractivity contribution in [1.29, 1.82) is 0 Å². The van der Waals surface area contributed by atoms with E-state index in [9.17, 15) is 0 Å². The third-order valence-corrected chi connectivity index (χ3v) is 5.18. The van der Waals surface area contributed by atoms with E-state index in [1.807, 2.05) is 60.7 Å². The van der Waals surface area contributed by atoms with Gasteiger partial charge in [0.2, 0.25) is 0 Å². The molecule has 0 atom stereocenters. The van der Waals surface area contributed by atoms with Crippen molar-refractivity contribution in [2.24, 2.45) is 0 Å². The van der Waals surface area contributed by atoms with Crippen molar-refractivity contribution in [2.45, 2.75) is 5.41 Å². The Morgan fingerprint density at radius 1 is 0.536 bits per heavy atom. The van der Waals surface area contributed by atoms with Crippen molar-refractivity contribution in [1.82, 2.24) is 0 Å². The summed E-state index contributed by atoms with van der Waals surface area (Å²) in [6.45, 7) is 0. The van der Waals surface area contributed by atoms with Crippen LogP contribution < -0.4 is 4.74 Å². The van der Waals surface area contributed by atoms with Crippen molar-refractivity contribution < 1.29 is 4.74 Å². The summed E-state index contributed by atoms with van der Waals surface area (Å²) >= 11 is 0. The largest absolute Gasteiger partial charge is 0.457 e. The number of hydrogen-bond acceptors (Lipinski definition) is 1. The van der Waals surface area contributed by atoms with Crippen molar-refractivity contribution in [3.8, 4) is 23.3 Å². The van der Waals surface area contributed by atoms with Crippen LogP contribution in [0.1, 0.15) is 22.3 Å². The van der Waals surface area contributed by atoms with Gasteiger partial charge in [0.15, 0.2) is 0 Å². The summed E-state index contributed by atoms with van der Waals surface area (Å²) in [4.78, 5) is 0. The molecule has 4 aromatic rings. The van der Waals surface area contributed by atoms with Gasteiger partial charge in [0.1, 0.15) is 16.9 Å². The summed E-state index contributed by atoms with van der Waals surface area (Å²) in [6, 6.07) is 37.0. The van der Waals surface area contributed by atoms with Gasteiger partial charge in [-0.15, -0.1) is 0 Å². The smallest absolute Gasteiger partial charge is 0.132 e. The molecule has 4 aromatic carbocycles. The van der Waals surface area contributed by atoms with Crippen LogP contribution in [0.3, 0.4) is 0 Å². The Kier molecular flexibility index (Phi) is 3.96. The second-order valence-corrected chi connectivity index (χ2v) is 6.83. The molecule has 0 fully saturated rings. The molecule has 0 bridgehead atoms. The maximum absolute atomic E-state index is 6.24. The Bertz CT molecular complexity index is 1140. The van der Waals surface area contributed by atoms with Crippen LogP contribution >= 0.6 is 0 Å². The first kappa shape index (κ1) is 16.4. The lowest BCUT2D eigenvalue weighted by Gasteiger charge is -2.37. The molecule has 132 valence electrons. The minimum Gasteiger partial charge on any atom is -0.457 e. The first-order valence-corrected chi connectivity index (χ1v) is 9.38. The summed E-state index contributed by atoms with van der Waals surface area (Å²) in [5.41, 5.74) is 3.69. The number of benzene rings is 4. The fourth-order valence-electron chi connectivity index (χ4n) is 3.89. The zero-order chi connectivity index (χ0) is 18.8. The molecule has 0 aliphatic carbocycles. The van der Waals surface area contributed by atoms with Crippen LogP contribution in [0.25, 0.3) is 0 Å². The third-order valence-electron chi connectivity index (χ3n) is 5.18. The molecule has 1 aliphatic rings. The maximum Gasteiger partial charge on any atom is 0.132 e. The molecule has 0 spiro atoms. The molecule has 1 heteroatoms. The average Bonchev–Trinajstić information content (AvgIpc) is 2.78. The fourth-order valence-corrected chi connectivity index (χ4v) is 3.89. The van der Waals surface area contributed by atoms with Gasteiger partial charge in [-0.3, -0.25) is 0 Å². The number of para-hydroxylation sites is 2. The van der Waals surface area contributed by atoms with Crippen LogP contribution in [0.4, 0.5) is 0 Å². The lowest BCUT2D eigenvalue weighted by Crippen LogP contribution is -2.31. The summed E-state index contributed by atoms with van der Waals surface area (Å²) in [6.07, 6.45) is 0. The Morgan fingerprint density at radius 3 is 1.64 bits per heavy atom. The summed E-state index contributed by atoms with van der Waals surface area (Å²) in [5, 5.41) is 0. The predicted octanol–water partition coefficient (Wildman–Crippen LogP) is 6.18. The van der Waals surface area contributed by atoms with Gasteiger partial charge in [-0.2, -0.15) is 0 Å². The van der Waals surface area contributed by atoms with Crippen LogP contribution in [0.2, 0.25) is 0 Å². The Hall–Kier alpha value is -3.76. The second-order valence-electron chi connectivity index (χ2n) is 6.83. The highest BCUT2D eigenvalue weighted by Crippen LogP contribution is 2.51. The van der Waals surface area contributed by atoms with E-state index in [0.717, 1.165) is 33.8 Å². The Morgan fingerprint density at radius 2 is 1.04 bits per heavy atom. The summed E-state index contributed by atoms with van der Waals surface area (Å²) < 4.78 is 6.24. The molecule has 0 saturated carbocycles. The van der Waals surface area contributed by atoms with E-state index in [0.29, 0.717) is 0 Å². The molecule has 28 heavy (non-hydrogen) atoms. The molecular formula is C27H18O. The van der Waals surface area contributed by atoms with Crippen LogP contribution in [-0.4, -0.2) is 0 Å². The van der Waals surface area contributed by atoms with E-state index in [4.69, 9.17) is 4.74 Å². The first-order chi connectivity index (χ1) is 13.9. The zero-order valence-corrected chi connectivity index (χ0v) is 15.3. The minimum atomic E-state index is -0.595. The second kappa shape index (κ2) is 6.76. The van der Waals surface area contributed by atoms with Crippen molar-refractivity contribution in [2.75, 3.05) is 0 Å². The first-order valence-electron chi connectivity index (χ1n) is 9.38. The van der Waals surface area contributed by atoms with Gasteiger partial charge in [-0.25, -0.2) is 0 Å². The SMILES string of the molecule is C(#CC1(c2ccccc2)c2ccccc2Oc2ccccc21)c1ccccc1. The predicted molar refractivity (Wildman–Crippen MR) is 113 cm³/mol. The lowest BCUT2D eigenvalue weighted by atomic mass is 9.68. The number of hydrogen-bond donors (Lipinski definition) is 0. The highest BCUT2D eigenvalue weighted by Gasteiger charge is 2.42. The van der Waals surface area contributed by atoms with Gasteiger partial charge in [0, 0.05) is 16.7 Å². The molecule has 1 aliphatic heterocycles. The van der Waals surface area contributed by atoms with E-state index < -0.39 is 5.41 Å². The Balaban J connectivity index is 1.86. The number of rotatable bonds is 1. The van der Waals surface area contributed by atoms with Crippen molar-refractivity contribution in [3.63, 3.8) is 0 Å². The van der Waals surface area contributed by atoms with Gasteiger partial charge >= 0.3 is 0 Å². The van der Waals surface area contributed by atoms with Crippen LogP contribution in [0.5, 0.6) is 11.5 Å². The normalized spacial score (nSPS) is 13.3. The zero-order valence-electron chi connectivity index (χ0n) is 15.3. The molecule has 0 saturated heterocycles. The summed E-state index contributed by atoms with van der Waals surface area (Å²) in [5.74, 6) is 8.79. The molecule has 0 unspecified atom stereocenters. The highest BCUT2D eigenvalue weighted by atomic mass is 16.5. The van der Waals surface area contributed by atoms with E-state index in [2.05, 4.69) is 60.4 Å². The van der Waals surface area contributed by atoms with Crippen molar-refractivity contribution >= 4 is 0 Å². The molecular weight excluding hydrogens is 340 g/mol. The standard InChI is InChI=1S/C27H18O/c1-3-11-21(12-4-1)19-20-27(22-13-5-2-6-14-22)23-15-7-9-17-25(23)28-26-18-10-8-16-24(26)27/h1-18H. The molecule has 1 nitrogen and oxygen atoms in total.